The summed E-state index contributed by atoms with van der Waals surface area (Å²) in [4.78, 5) is 16.8. The zero-order chi connectivity index (χ0) is 19.3. The fourth-order valence-electron chi connectivity index (χ4n) is 2.43. The van der Waals surface area contributed by atoms with Gasteiger partial charge in [-0.05, 0) is 57.4 Å². The number of aliphatic hydroxyl groups is 2. The molecule has 2 aromatic rings. The summed E-state index contributed by atoms with van der Waals surface area (Å²) in [5.41, 5.74) is -1.13. The summed E-state index contributed by atoms with van der Waals surface area (Å²) >= 11 is 1.63. The topological polar surface area (TPSA) is 73.9 Å². The van der Waals surface area contributed by atoms with E-state index in [9.17, 15) is 15.0 Å². The van der Waals surface area contributed by atoms with E-state index in [1.807, 2.05) is 26.0 Å². The lowest BCUT2D eigenvalue weighted by atomic mass is 10.1. The Hall–Kier alpha value is -2.07. The Labute approximate surface area is 158 Å². The third-order valence-electron chi connectivity index (χ3n) is 3.81. The van der Waals surface area contributed by atoms with Crippen molar-refractivity contribution in [2.75, 3.05) is 6.61 Å². The van der Waals surface area contributed by atoms with Crippen LogP contribution in [0.25, 0.3) is 0 Å². The number of thiophene rings is 1. The highest BCUT2D eigenvalue weighted by Crippen LogP contribution is 2.21. The molecule has 0 saturated carbocycles. The normalized spacial score (nSPS) is 12.4. The van der Waals surface area contributed by atoms with E-state index in [1.54, 1.807) is 42.2 Å². The molecule has 2 heterocycles. The molecule has 6 heteroatoms. The van der Waals surface area contributed by atoms with Crippen molar-refractivity contribution >= 4 is 17.2 Å². The van der Waals surface area contributed by atoms with Crippen LogP contribution in [0.5, 0.6) is 0 Å². The van der Waals surface area contributed by atoms with Crippen LogP contribution in [0.3, 0.4) is 0 Å². The number of furan rings is 1. The Morgan fingerprint density at radius 2 is 2.08 bits per heavy atom. The molecule has 0 aliphatic rings. The van der Waals surface area contributed by atoms with Gasteiger partial charge in [-0.1, -0.05) is 12.8 Å². The van der Waals surface area contributed by atoms with Crippen LogP contribution in [0.4, 0.5) is 0 Å². The number of hydrogen-bond donors (Lipinski definition) is 2. The number of hydrogen-bond acceptors (Lipinski definition) is 5. The van der Waals surface area contributed by atoms with E-state index in [0.29, 0.717) is 18.7 Å². The maximum atomic E-state index is 13.0. The molecule has 2 rings (SSSR count). The van der Waals surface area contributed by atoms with Crippen LogP contribution in [0.15, 0.2) is 28.7 Å². The van der Waals surface area contributed by atoms with Crippen LogP contribution in [0.1, 0.15) is 53.3 Å². The average molecular weight is 375 g/mol. The van der Waals surface area contributed by atoms with Gasteiger partial charge in [-0.15, -0.1) is 11.3 Å². The van der Waals surface area contributed by atoms with Gasteiger partial charge in [0.2, 0.25) is 0 Å². The van der Waals surface area contributed by atoms with Gasteiger partial charge in [-0.3, -0.25) is 4.79 Å². The van der Waals surface area contributed by atoms with Crippen molar-refractivity contribution in [3.63, 3.8) is 0 Å². The molecule has 0 spiro atoms. The lowest BCUT2D eigenvalue weighted by molar-refractivity contribution is 0.0535. The van der Waals surface area contributed by atoms with Crippen LogP contribution in [0, 0.1) is 18.8 Å². The maximum absolute atomic E-state index is 13.0. The number of nitrogens with zero attached hydrogens (tertiary/aromatic N) is 1. The first-order valence-electron chi connectivity index (χ1n) is 8.56. The molecule has 0 aliphatic carbocycles. The number of aryl methyl sites for hydroxylation is 1. The van der Waals surface area contributed by atoms with Crippen molar-refractivity contribution in [3.8, 4) is 11.8 Å². The number of amides is 1. The summed E-state index contributed by atoms with van der Waals surface area (Å²) in [6.45, 7) is 7.41. The predicted molar refractivity (Wildman–Crippen MR) is 102 cm³/mol. The third-order valence-corrected chi connectivity index (χ3v) is 4.80. The molecule has 0 aromatic carbocycles. The predicted octanol–water partition coefficient (Wildman–Crippen LogP) is 3.19. The van der Waals surface area contributed by atoms with Crippen LogP contribution >= 0.6 is 11.3 Å². The van der Waals surface area contributed by atoms with Crippen molar-refractivity contribution in [1.82, 2.24) is 4.90 Å². The number of rotatable bonds is 6. The van der Waals surface area contributed by atoms with E-state index >= 15 is 0 Å². The Morgan fingerprint density at radius 3 is 2.62 bits per heavy atom. The van der Waals surface area contributed by atoms with E-state index in [0.717, 1.165) is 4.88 Å². The molecule has 1 amide bonds. The van der Waals surface area contributed by atoms with Gasteiger partial charge in [-0.2, -0.15) is 0 Å². The van der Waals surface area contributed by atoms with Crippen molar-refractivity contribution in [1.29, 1.82) is 0 Å². The second kappa shape index (κ2) is 8.54. The van der Waals surface area contributed by atoms with Crippen LogP contribution < -0.4 is 0 Å². The number of aliphatic hydroxyl groups excluding tert-OH is 1. The molecule has 0 bridgehead atoms. The molecule has 0 aliphatic heterocycles. The van der Waals surface area contributed by atoms with Gasteiger partial charge in [0.25, 0.3) is 5.91 Å². The highest BCUT2D eigenvalue weighted by atomic mass is 32.1. The number of carbonyl (C=O) groups excluding carboxylic acids is 1. The lowest BCUT2D eigenvalue weighted by Gasteiger charge is -2.28. The fourth-order valence-corrected chi connectivity index (χ4v) is 3.32. The molecule has 2 N–H and O–H groups in total. The molecular formula is C20H25NO4S. The lowest BCUT2D eigenvalue weighted by Crippen LogP contribution is -2.41. The van der Waals surface area contributed by atoms with Crippen molar-refractivity contribution in [2.45, 2.75) is 52.3 Å². The van der Waals surface area contributed by atoms with Crippen LogP contribution in [-0.2, 0) is 6.54 Å². The average Bonchev–Trinajstić information content (AvgIpc) is 3.21. The second-order valence-corrected chi connectivity index (χ2v) is 8.04. The van der Waals surface area contributed by atoms with Gasteiger partial charge >= 0.3 is 0 Å². The van der Waals surface area contributed by atoms with Gasteiger partial charge in [0.05, 0.1) is 19.2 Å². The fraction of sp³-hybridized carbons (Fsp3) is 0.450. The largest absolute Gasteiger partial charge is 0.443 e. The smallest absolute Gasteiger partial charge is 0.290 e. The molecule has 140 valence electrons. The summed E-state index contributed by atoms with van der Waals surface area (Å²) in [6.07, 6.45) is 0.638. The monoisotopic (exact) mass is 375 g/mol. The molecule has 0 fully saturated rings. The van der Waals surface area contributed by atoms with Crippen molar-refractivity contribution in [2.24, 2.45) is 0 Å². The Morgan fingerprint density at radius 1 is 1.35 bits per heavy atom. The standard InChI is InChI=1S/C20H25NO4S/c1-5-15(13-22)21(12-17-8-6-14(2)26-17)19(23)18-9-7-16(25-18)10-11-20(3,4)24/h6-9,15,22,24H,5,12-13H2,1-4H3/t15-/m1/s1. The van der Waals surface area contributed by atoms with Crippen LogP contribution in [0.2, 0.25) is 0 Å². The summed E-state index contributed by atoms with van der Waals surface area (Å²) in [5, 5.41) is 19.4. The molecule has 0 unspecified atom stereocenters. The highest BCUT2D eigenvalue weighted by molar-refractivity contribution is 7.11. The first-order valence-corrected chi connectivity index (χ1v) is 9.37. The molecule has 0 radical (unpaired) electrons. The van der Waals surface area contributed by atoms with Gasteiger partial charge in [0.1, 0.15) is 5.60 Å². The minimum absolute atomic E-state index is 0.112. The Kier molecular flexibility index (Phi) is 6.65. The Balaban J connectivity index is 2.25. The summed E-state index contributed by atoms with van der Waals surface area (Å²) < 4.78 is 5.55. The van der Waals surface area contributed by atoms with E-state index in [-0.39, 0.29) is 24.3 Å². The molecule has 26 heavy (non-hydrogen) atoms. The quantitative estimate of drug-likeness (QED) is 0.761. The van der Waals surface area contributed by atoms with Crippen molar-refractivity contribution in [3.05, 3.63) is 45.5 Å². The van der Waals surface area contributed by atoms with Gasteiger partial charge in [-0.25, -0.2) is 0 Å². The minimum Gasteiger partial charge on any atom is -0.443 e. The molecular weight excluding hydrogens is 350 g/mol. The molecule has 1 atom stereocenters. The molecule has 2 aromatic heterocycles. The summed E-state index contributed by atoms with van der Waals surface area (Å²) in [7, 11) is 0. The highest BCUT2D eigenvalue weighted by Gasteiger charge is 2.26. The minimum atomic E-state index is -1.13. The number of carbonyl (C=O) groups is 1. The van der Waals surface area contributed by atoms with Gasteiger partial charge < -0.3 is 19.5 Å². The first-order chi connectivity index (χ1) is 12.2. The molecule has 0 saturated heterocycles. The van der Waals surface area contributed by atoms with E-state index < -0.39 is 5.60 Å². The molecule has 5 nitrogen and oxygen atoms in total. The van der Waals surface area contributed by atoms with Gasteiger partial charge in [0, 0.05) is 9.75 Å². The maximum Gasteiger partial charge on any atom is 0.290 e. The second-order valence-electron chi connectivity index (χ2n) is 6.66. The van der Waals surface area contributed by atoms with E-state index in [2.05, 4.69) is 11.8 Å². The van der Waals surface area contributed by atoms with Crippen LogP contribution in [-0.4, -0.2) is 39.3 Å². The van der Waals surface area contributed by atoms with Crippen molar-refractivity contribution < 1.29 is 19.4 Å². The zero-order valence-electron chi connectivity index (χ0n) is 15.6. The van der Waals surface area contributed by atoms with E-state index in [4.69, 9.17) is 4.42 Å². The summed E-state index contributed by atoms with van der Waals surface area (Å²) in [5.74, 6) is 5.59. The van der Waals surface area contributed by atoms with Gasteiger partial charge in [0.15, 0.2) is 11.5 Å². The Bertz CT molecular complexity index is 800. The van der Waals surface area contributed by atoms with E-state index in [1.165, 1.54) is 4.88 Å². The zero-order valence-corrected chi connectivity index (χ0v) is 16.4. The first kappa shape index (κ1) is 20.2. The summed E-state index contributed by atoms with van der Waals surface area (Å²) in [6, 6.07) is 6.90. The SMILES string of the molecule is CC[C@H](CO)N(Cc1ccc(C)s1)C(=O)c1ccc(C#CC(C)(C)O)o1. The third kappa shape index (κ3) is 5.46.